The van der Waals surface area contributed by atoms with Gasteiger partial charge in [-0.3, -0.25) is 9.79 Å². The minimum atomic E-state index is -0.0577. The maximum Gasteiger partial charge on any atom is 0.211 e. The molecule has 0 amide bonds. The first-order valence-electron chi connectivity index (χ1n) is 13.9. The Morgan fingerprint density at radius 1 is 1.13 bits per heavy atom. The van der Waals surface area contributed by atoms with Gasteiger partial charge < -0.3 is 14.9 Å². The van der Waals surface area contributed by atoms with Crippen LogP contribution < -0.4 is 0 Å². The van der Waals surface area contributed by atoms with Crippen molar-refractivity contribution < 1.29 is 14.3 Å². The van der Waals surface area contributed by atoms with Crippen molar-refractivity contribution in [3.05, 3.63) is 64.3 Å². The summed E-state index contributed by atoms with van der Waals surface area (Å²) in [6.45, 7) is 15.3. The van der Waals surface area contributed by atoms with Crippen LogP contribution in [0.15, 0.2) is 52.6 Å². The molecule has 0 atom stereocenters. The molecule has 0 aromatic heterocycles. The van der Waals surface area contributed by atoms with Crippen LogP contribution >= 0.6 is 0 Å². The second-order valence-electron chi connectivity index (χ2n) is 10.8. The molecule has 0 aliphatic heterocycles. The van der Waals surface area contributed by atoms with Gasteiger partial charge in [-0.05, 0) is 74.3 Å². The van der Waals surface area contributed by atoms with Crippen LogP contribution in [0.25, 0.3) is 6.08 Å². The van der Waals surface area contributed by atoms with Crippen molar-refractivity contribution in [1.82, 2.24) is 0 Å². The summed E-state index contributed by atoms with van der Waals surface area (Å²) < 4.78 is 11.1. The van der Waals surface area contributed by atoms with E-state index in [4.69, 9.17) is 14.9 Å². The fourth-order valence-electron chi connectivity index (χ4n) is 4.05. The number of ketones is 1. The molecule has 38 heavy (non-hydrogen) atoms. The minimum Gasteiger partial charge on any atom is -0.474 e. The number of benzene rings is 1. The Bertz CT molecular complexity index is 1030. The number of nitrogens with one attached hydrogen (secondary N) is 1. The van der Waals surface area contributed by atoms with Gasteiger partial charge in [0.25, 0.3) is 0 Å². The fourth-order valence-corrected chi connectivity index (χ4v) is 4.05. The monoisotopic (exact) mass is 522 g/mol. The molecule has 0 aliphatic carbocycles. The molecule has 0 spiro atoms. The molecule has 5 heteroatoms. The molecule has 0 saturated heterocycles. The zero-order valence-electron chi connectivity index (χ0n) is 25.2. The number of hydrogen-bond acceptors (Lipinski definition) is 5. The number of allylic oxidation sites excluding steroid dienone is 3. The van der Waals surface area contributed by atoms with Gasteiger partial charge in [0.2, 0.25) is 5.90 Å². The molecular formula is C33H50N2O3. The quantitative estimate of drug-likeness (QED) is 0.0824. The highest BCUT2D eigenvalue weighted by molar-refractivity contribution is 6.03. The molecule has 0 fully saturated rings. The number of methoxy groups -OCH3 is 1. The van der Waals surface area contributed by atoms with Crippen LogP contribution in [-0.2, 0) is 14.9 Å². The number of nitrogens with zero attached hydrogens (tertiary/aromatic N) is 1. The molecule has 0 unspecified atom stereocenters. The lowest BCUT2D eigenvalue weighted by Crippen LogP contribution is -2.18. The average Bonchev–Trinajstić information content (AvgIpc) is 2.88. The molecule has 0 aliphatic rings. The summed E-state index contributed by atoms with van der Waals surface area (Å²) in [5, 5.41) is 8.53. The van der Waals surface area contributed by atoms with E-state index in [1.54, 1.807) is 14.2 Å². The Balaban J connectivity index is 2.93. The summed E-state index contributed by atoms with van der Waals surface area (Å²) in [6, 6.07) is 6.17. The third kappa shape index (κ3) is 11.7. The van der Waals surface area contributed by atoms with E-state index >= 15 is 0 Å². The third-order valence-electron chi connectivity index (χ3n) is 6.56. The van der Waals surface area contributed by atoms with Crippen LogP contribution in [-0.4, -0.2) is 44.3 Å². The molecule has 1 aromatic carbocycles. The van der Waals surface area contributed by atoms with E-state index in [1.807, 2.05) is 38.1 Å². The number of aliphatic imine (C=N–C) groups is 1. The maximum absolute atomic E-state index is 13.3. The molecule has 210 valence electrons. The summed E-state index contributed by atoms with van der Waals surface area (Å²) in [7, 11) is 3.42. The smallest absolute Gasteiger partial charge is 0.211 e. The predicted molar refractivity (Wildman–Crippen MR) is 163 cm³/mol. The van der Waals surface area contributed by atoms with E-state index in [0.29, 0.717) is 37.5 Å². The zero-order valence-corrected chi connectivity index (χ0v) is 25.2. The summed E-state index contributed by atoms with van der Waals surface area (Å²) in [5.41, 5.74) is 5.28. The Morgan fingerprint density at radius 3 is 2.37 bits per heavy atom. The van der Waals surface area contributed by atoms with E-state index in [1.165, 1.54) is 0 Å². The van der Waals surface area contributed by atoms with Gasteiger partial charge in [0.15, 0.2) is 5.78 Å². The number of hydrogen-bond donors (Lipinski definition) is 1. The first-order valence-corrected chi connectivity index (χ1v) is 13.9. The van der Waals surface area contributed by atoms with Gasteiger partial charge in [-0.1, -0.05) is 64.5 Å². The van der Waals surface area contributed by atoms with E-state index in [0.717, 1.165) is 47.1 Å². The first-order chi connectivity index (χ1) is 18.0. The van der Waals surface area contributed by atoms with Crippen molar-refractivity contribution in [1.29, 1.82) is 5.41 Å². The van der Waals surface area contributed by atoms with Crippen molar-refractivity contribution in [2.45, 2.75) is 98.5 Å². The number of Topliss-reactive ketones (excluding diaryl/α,β-unsaturated/α-hetero) is 1. The lowest BCUT2D eigenvalue weighted by atomic mass is 9.84. The van der Waals surface area contributed by atoms with Gasteiger partial charge in [-0.15, -0.1) is 0 Å². The summed E-state index contributed by atoms with van der Waals surface area (Å²) >= 11 is 0. The van der Waals surface area contributed by atoms with Crippen LogP contribution in [0.2, 0.25) is 0 Å². The topological polar surface area (TPSA) is 71.7 Å². The Morgan fingerprint density at radius 2 is 1.82 bits per heavy atom. The lowest BCUT2D eigenvalue weighted by Gasteiger charge is -2.21. The lowest BCUT2D eigenvalue weighted by molar-refractivity contribution is 0.0982. The molecule has 0 bridgehead atoms. The summed E-state index contributed by atoms with van der Waals surface area (Å²) in [4.78, 5) is 17.5. The Kier molecular flexibility index (Phi) is 14.8. The SMILES string of the molecule is C/C=C(\CCC(=O)c1cc(/C=C\CCOC)cc(C(C)(C)C)c1)CC(=N)/C=C(/C)C(=NC)OC(CC)CC. The molecular weight excluding hydrogens is 472 g/mol. The standard InChI is InChI=1S/C33H50N2O3/c1-10-25(22-29(34)19-24(4)32(35-8)38-30(11-2)12-3)16-17-31(36)27-20-26(15-13-14-18-37-9)21-28(23-27)33(5,6)7/h10,13,15,19-21,23,30,34H,11-12,14,16-18,22H2,1-9H3/b15-13-,24-19-,25-10+,34-29?,35-32?. The van der Waals surface area contributed by atoms with Crippen LogP contribution in [0.1, 0.15) is 108 Å². The summed E-state index contributed by atoms with van der Waals surface area (Å²) in [6.07, 6.45) is 12.3. The molecule has 1 rings (SSSR count). The van der Waals surface area contributed by atoms with Gasteiger partial charge >= 0.3 is 0 Å². The second kappa shape index (κ2) is 16.9. The largest absolute Gasteiger partial charge is 0.474 e. The van der Waals surface area contributed by atoms with Crippen molar-refractivity contribution in [2.75, 3.05) is 20.8 Å². The highest BCUT2D eigenvalue weighted by Gasteiger charge is 2.18. The molecule has 1 aromatic rings. The highest BCUT2D eigenvalue weighted by atomic mass is 16.5. The van der Waals surface area contributed by atoms with E-state index < -0.39 is 0 Å². The predicted octanol–water partition coefficient (Wildman–Crippen LogP) is 8.53. The number of ether oxygens (including phenoxy) is 2. The van der Waals surface area contributed by atoms with Gasteiger partial charge in [0, 0.05) is 50.5 Å². The average molecular weight is 523 g/mol. The van der Waals surface area contributed by atoms with Crippen LogP contribution in [0, 0.1) is 5.41 Å². The second-order valence-corrected chi connectivity index (χ2v) is 10.8. The summed E-state index contributed by atoms with van der Waals surface area (Å²) in [5.74, 6) is 0.714. The molecule has 0 saturated carbocycles. The number of carbonyl (C=O) groups is 1. The molecule has 1 N–H and O–H groups in total. The Labute approximate surface area is 231 Å². The van der Waals surface area contributed by atoms with Gasteiger partial charge in [0.05, 0.1) is 6.10 Å². The van der Waals surface area contributed by atoms with Crippen molar-refractivity contribution in [2.24, 2.45) is 4.99 Å². The van der Waals surface area contributed by atoms with E-state index in [2.05, 4.69) is 57.8 Å². The van der Waals surface area contributed by atoms with Crippen molar-refractivity contribution in [3.63, 3.8) is 0 Å². The van der Waals surface area contributed by atoms with Crippen LogP contribution in [0.3, 0.4) is 0 Å². The van der Waals surface area contributed by atoms with Gasteiger partial charge in [-0.25, -0.2) is 0 Å². The normalized spacial score (nSPS) is 13.5. The van der Waals surface area contributed by atoms with E-state index in [-0.39, 0.29) is 17.3 Å². The number of carbonyl (C=O) groups excluding carboxylic acids is 1. The van der Waals surface area contributed by atoms with Gasteiger partial charge in [0.1, 0.15) is 0 Å². The van der Waals surface area contributed by atoms with Gasteiger partial charge in [-0.2, -0.15) is 0 Å². The third-order valence-corrected chi connectivity index (χ3v) is 6.56. The van der Waals surface area contributed by atoms with E-state index in [9.17, 15) is 4.79 Å². The zero-order chi connectivity index (χ0) is 28.7. The first kappa shape index (κ1) is 33.2. The Hall–Kier alpha value is -2.79. The fraction of sp³-hybridized carbons (Fsp3) is 0.545. The van der Waals surface area contributed by atoms with Crippen LogP contribution in [0.5, 0.6) is 0 Å². The maximum atomic E-state index is 13.3. The molecule has 0 heterocycles. The highest BCUT2D eigenvalue weighted by Crippen LogP contribution is 2.26. The number of rotatable bonds is 15. The molecule has 0 radical (unpaired) electrons. The van der Waals surface area contributed by atoms with Crippen LogP contribution in [0.4, 0.5) is 0 Å². The minimum absolute atomic E-state index is 0.0577. The van der Waals surface area contributed by atoms with Crippen molar-refractivity contribution in [3.8, 4) is 0 Å². The molecule has 5 nitrogen and oxygen atoms in total. The van der Waals surface area contributed by atoms with Crippen molar-refractivity contribution >= 4 is 23.5 Å².